The van der Waals surface area contributed by atoms with E-state index in [0.717, 1.165) is 11.3 Å². The smallest absolute Gasteiger partial charge is 0.352 e. The fraction of sp³-hybridized carbons (Fsp3) is 0.238. The Balaban J connectivity index is 1.55. The van der Waals surface area contributed by atoms with Crippen molar-refractivity contribution in [2.45, 2.75) is 18.0 Å². The maximum absolute atomic E-state index is 13.0. The number of nitrogen functional groups attached to an aromatic ring is 1. The van der Waals surface area contributed by atoms with Crippen LogP contribution in [0.1, 0.15) is 5.69 Å². The molecule has 35 heavy (non-hydrogen) atoms. The van der Waals surface area contributed by atoms with Gasteiger partial charge in [0.15, 0.2) is 29.8 Å². The number of fused-ring (bicyclic) bond motifs is 1. The summed E-state index contributed by atoms with van der Waals surface area (Å²) in [5.41, 5.74) is 5.97. The number of nitrogens with two attached hydrogens (primary N) is 1. The number of nitrogens with zero attached hydrogens (tertiary/aromatic N) is 4. The van der Waals surface area contributed by atoms with Crippen molar-refractivity contribution in [1.29, 1.82) is 0 Å². The van der Waals surface area contributed by atoms with E-state index in [1.807, 2.05) is 35.2 Å². The van der Waals surface area contributed by atoms with Gasteiger partial charge in [0.2, 0.25) is 0 Å². The molecule has 1 fully saturated rings. The standard InChI is InChI=1S/C21H19ClN6O5S2/c1-2-8-33-26-13(12-16(22)35-21(23)25-12)17(29)24-14-18(30)28-15(20(31)32)11(10-34-19(14)28)9-27-6-4-3-5-7-27/h2-7,14,19H,1,8-10H2,(H3-,23,24,25,29,31,32)/p+1/t14?,19-/m1/s1. The van der Waals surface area contributed by atoms with Gasteiger partial charge in [0.05, 0.1) is 0 Å². The van der Waals surface area contributed by atoms with Crippen molar-refractivity contribution in [3.63, 3.8) is 0 Å². The number of carboxylic acid groups (broad SMARTS) is 1. The van der Waals surface area contributed by atoms with E-state index in [4.69, 9.17) is 22.2 Å². The Morgan fingerprint density at radius 1 is 1.43 bits per heavy atom. The van der Waals surface area contributed by atoms with Gasteiger partial charge < -0.3 is 21.0 Å². The van der Waals surface area contributed by atoms with E-state index < -0.39 is 29.2 Å². The third kappa shape index (κ3) is 5.01. The first-order chi connectivity index (χ1) is 16.8. The molecular formula is C21H20ClN6O5S2+. The van der Waals surface area contributed by atoms with Crippen LogP contribution in [0.4, 0.5) is 5.13 Å². The van der Waals surface area contributed by atoms with E-state index in [0.29, 0.717) is 17.9 Å². The number of thioether (sulfide) groups is 1. The lowest BCUT2D eigenvalue weighted by molar-refractivity contribution is -0.689. The molecule has 2 atom stereocenters. The predicted octanol–water partition coefficient (Wildman–Crippen LogP) is 1.01. The van der Waals surface area contributed by atoms with E-state index in [9.17, 15) is 19.5 Å². The summed E-state index contributed by atoms with van der Waals surface area (Å²) in [7, 11) is 0. The van der Waals surface area contributed by atoms with Crippen molar-refractivity contribution in [2.24, 2.45) is 5.16 Å². The summed E-state index contributed by atoms with van der Waals surface area (Å²) in [5.74, 6) is -2.13. The van der Waals surface area contributed by atoms with Crippen LogP contribution in [0.15, 0.2) is 59.7 Å². The molecule has 4 rings (SSSR count). The predicted molar refractivity (Wildman–Crippen MR) is 131 cm³/mol. The number of nitrogens with one attached hydrogen (secondary N) is 1. The minimum atomic E-state index is -1.20. The number of pyridine rings is 1. The summed E-state index contributed by atoms with van der Waals surface area (Å²) in [5, 5.41) is 15.8. The zero-order valence-electron chi connectivity index (χ0n) is 18.1. The highest BCUT2D eigenvalue weighted by atomic mass is 35.5. The molecule has 2 aromatic heterocycles. The highest BCUT2D eigenvalue weighted by molar-refractivity contribution is 8.00. The largest absolute Gasteiger partial charge is 0.477 e. The summed E-state index contributed by atoms with van der Waals surface area (Å²) in [6, 6.07) is 4.56. The number of carboxylic acids is 1. The number of carbonyl (C=O) groups is 3. The molecule has 2 aliphatic heterocycles. The number of thiazole rings is 1. The van der Waals surface area contributed by atoms with Crippen molar-refractivity contribution in [3.8, 4) is 0 Å². The van der Waals surface area contributed by atoms with Gasteiger partial charge in [0, 0.05) is 23.5 Å². The van der Waals surface area contributed by atoms with Gasteiger partial charge in [-0.15, -0.1) is 11.8 Å². The number of hydrogen-bond donors (Lipinski definition) is 3. The molecule has 0 aliphatic carbocycles. The van der Waals surface area contributed by atoms with Crippen molar-refractivity contribution >= 4 is 63.3 Å². The average molecular weight is 536 g/mol. The van der Waals surface area contributed by atoms with Crippen LogP contribution in [0.25, 0.3) is 0 Å². The number of carbonyl (C=O) groups excluding carboxylic acids is 2. The molecule has 2 aromatic rings. The van der Waals surface area contributed by atoms with Crippen LogP contribution < -0.4 is 15.6 Å². The first-order valence-electron chi connectivity index (χ1n) is 10.2. The molecule has 1 unspecified atom stereocenters. The summed E-state index contributed by atoms with van der Waals surface area (Å²) < 4.78 is 1.96. The van der Waals surface area contributed by atoms with Gasteiger partial charge >= 0.3 is 5.97 Å². The van der Waals surface area contributed by atoms with Crippen LogP contribution in [-0.2, 0) is 25.8 Å². The average Bonchev–Trinajstić information content (AvgIpc) is 3.17. The van der Waals surface area contributed by atoms with Gasteiger partial charge in [-0.25, -0.2) is 14.3 Å². The third-order valence-corrected chi connectivity index (χ3v) is 7.50. The van der Waals surface area contributed by atoms with Crippen molar-refractivity contribution in [3.05, 3.63) is 64.5 Å². The molecular weight excluding hydrogens is 516 g/mol. The molecule has 182 valence electrons. The number of β-lactam (4-membered cyclic amide) rings is 1. The minimum Gasteiger partial charge on any atom is -0.477 e. The van der Waals surface area contributed by atoms with Gasteiger partial charge in [-0.2, -0.15) is 0 Å². The van der Waals surface area contributed by atoms with Gasteiger partial charge in [-0.3, -0.25) is 14.5 Å². The van der Waals surface area contributed by atoms with Gasteiger partial charge in [0.1, 0.15) is 33.7 Å². The summed E-state index contributed by atoms with van der Waals surface area (Å²) in [6.07, 6.45) is 5.07. The molecule has 4 N–H and O–H groups in total. The van der Waals surface area contributed by atoms with Crippen LogP contribution >= 0.6 is 34.7 Å². The Bertz CT molecular complexity index is 1250. The van der Waals surface area contributed by atoms with Crippen LogP contribution in [0.5, 0.6) is 0 Å². The van der Waals surface area contributed by atoms with Crippen molar-refractivity contribution in [1.82, 2.24) is 15.2 Å². The Kier molecular flexibility index (Phi) is 7.38. The number of hydrogen-bond acceptors (Lipinski definition) is 9. The zero-order valence-corrected chi connectivity index (χ0v) is 20.5. The van der Waals surface area contributed by atoms with Gasteiger partial charge in [0.25, 0.3) is 11.8 Å². The highest BCUT2D eigenvalue weighted by Gasteiger charge is 2.54. The normalized spacial score (nSPS) is 19.6. The quantitative estimate of drug-likeness (QED) is 0.107. The van der Waals surface area contributed by atoms with Crippen molar-refractivity contribution < 1.29 is 28.9 Å². The van der Waals surface area contributed by atoms with E-state index >= 15 is 0 Å². The maximum Gasteiger partial charge on any atom is 0.352 e. The van der Waals surface area contributed by atoms with E-state index in [-0.39, 0.29) is 33.2 Å². The molecule has 4 heterocycles. The van der Waals surface area contributed by atoms with Crippen LogP contribution in [0.3, 0.4) is 0 Å². The molecule has 0 spiro atoms. The maximum atomic E-state index is 13.0. The zero-order chi connectivity index (χ0) is 25.1. The van der Waals surface area contributed by atoms with Gasteiger partial charge in [-0.1, -0.05) is 46.8 Å². The molecule has 0 radical (unpaired) electrons. The first kappa shape index (κ1) is 24.7. The first-order valence-corrected chi connectivity index (χ1v) is 12.4. The molecule has 2 amide bonds. The van der Waals surface area contributed by atoms with Crippen LogP contribution in [0.2, 0.25) is 4.34 Å². The lowest BCUT2D eigenvalue weighted by Gasteiger charge is -2.49. The fourth-order valence-electron chi connectivity index (χ4n) is 3.58. The molecule has 0 saturated carbocycles. The molecule has 0 aromatic carbocycles. The van der Waals surface area contributed by atoms with Crippen LogP contribution in [-0.4, -0.2) is 62.3 Å². The van der Waals surface area contributed by atoms with Gasteiger partial charge in [-0.05, 0) is 0 Å². The molecule has 2 aliphatic rings. The van der Waals surface area contributed by atoms with E-state index in [1.54, 1.807) is 0 Å². The Morgan fingerprint density at radius 2 is 2.17 bits per heavy atom. The Hall–Kier alpha value is -3.42. The number of rotatable bonds is 9. The Labute approximate surface area is 212 Å². The van der Waals surface area contributed by atoms with E-state index in [2.05, 4.69) is 22.0 Å². The lowest BCUT2D eigenvalue weighted by Crippen LogP contribution is -2.71. The van der Waals surface area contributed by atoms with Crippen molar-refractivity contribution in [2.75, 3.05) is 18.1 Å². The van der Waals surface area contributed by atoms with Crippen LogP contribution in [0, 0.1) is 0 Å². The monoisotopic (exact) mass is 535 g/mol. The molecule has 0 bridgehead atoms. The number of aromatic nitrogens is 2. The highest BCUT2D eigenvalue weighted by Crippen LogP contribution is 2.40. The topological polar surface area (TPSA) is 151 Å². The number of aliphatic carboxylic acids is 1. The third-order valence-electron chi connectivity index (χ3n) is 5.08. The molecule has 14 heteroatoms. The number of amides is 2. The second kappa shape index (κ2) is 10.5. The lowest BCUT2D eigenvalue weighted by atomic mass is 10.0. The number of anilines is 1. The fourth-order valence-corrected chi connectivity index (χ4v) is 5.85. The summed E-state index contributed by atoms with van der Waals surface area (Å²) >= 11 is 8.47. The summed E-state index contributed by atoms with van der Waals surface area (Å²) in [4.78, 5) is 48.4. The summed E-state index contributed by atoms with van der Waals surface area (Å²) in [6.45, 7) is 3.86. The molecule has 11 nitrogen and oxygen atoms in total. The second-order valence-electron chi connectivity index (χ2n) is 7.36. The minimum absolute atomic E-state index is 0.0175. The Morgan fingerprint density at radius 3 is 2.80 bits per heavy atom. The number of oxime groups is 1. The molecule has 1 saturated heterocycles. The SMILES string of the molecule is C=CCON=C(C(=O)NC1C(=O)N2C(C(=O)O)=C(C[n+]3ccccc3)CS[C@H]12)c1nc(N)sc1Cl. The second-order valence-corrected chi connectivity index (χ2v) is 10.1. The van der Waals surface area contributed by atoms with E-state index in [1.165, 1.54) is 22.7 Å². The number of halogens is 1.